The molecule has 0 atom stereocenters. The maximum absolute atomic E-state index is 15.8. The summed E-state index contributed by atoms with van der Waals surface area (Å²) in [5.41, 5.74) is 1.52. The predicted molar refractivity (Wildman–Crippen MR) is 154 cm³/mol. The minimum Gasteiger partial charge on any atom is -0.507 e. The third-order valence-electron chi connectivity index (χ3n) is 7.93. The minimum atomic E-state index is -0.887. The molecule has 2 aliphatic rings. The number of phenols is 1. The average molecular weight is 571 g/mol. The number of hydrogen-bond donors (Lipinski definition) is 1. The van der Waals surface area contributed by atoms with Crippen LogP contribution in [0.1, 0.15) is 37.4 Å². The highest BCUT2D eigenvalue weighted by atomic mass is 19.1. The molecule has 0 unspecified atom stereocenters. The Hall–Kier alpha value is -4.89. The van der Waals surface area contributed by atoms with Crippen molar-refractivity contribution >= 4 is 22.8 Å². The van der Waals surface area contributed by atoms with Crippen molar-refractivity contribution in [3.63, 3.8) is 0 Å². The number of benzene rings is 1. The molecule has 3 aromatic heterocycles. The molecule has 1 N–H and O–H groups in total. The molecule has 1 aromatic carbocycles. The van der Waals surface area contributed by atoms with Crippen LogP contribution in [-0.4, -0.2) is 61.1 Å². The van der Waals surface area contributed by atoms with E-state index >= 15 is 4.39 Å². The number of carbonyl (C=O) groups excluding carboxylic acids is 1. The third-order valence-corrected chi connectivity index (χ3v) is 7.93. The van der Waals surface area contributed by atoms with Crippen LogP contribution in [-0.2, 0) is 4.79 Å². The molecule has 0 spiro atoms. The fraction of sp³-hybridized carbons (Fsp3) is 0.290. The van der Waals surface area contributed by atoms with Crippen LogP contribution >= 0.6 is 0 Å². The second kappa shape index (κ2) is 10.2. The molecule has 2 aliphatic heterocycles. The number of nitrogens with zero attached hydrogens (tertiary/aromatic N) is 6. The fourth-order valence-corrected chi connectivity index (χ4v) is 5.77. The number of anilines is 1. The van der Waals surface area contributed by atoms with E-state index in [1.807, 2.05) is 36.5 Å². The molecule has 0 radical (unpaired) electrons. The number of aryl methyl sites for hydroxylation is 1. The van der Waals surface area contributed by atoms with E-state index in [9.17, 15) is 19.1 Å². The second-order valence-corrected chi connectivity index (χ2v) is 11.0. The van der Waals surface area contributed by atoms with Gasteiger partial charge in [0, 0.05) is 25.8 Å². The quantitative estimate of drug-likeness (QED) is 0.352. The number of fused-ring (bicyclic) bond motifs is 1. The number of halogens is 2. The van der Waals surface area contributed by atoms with E-state index in [0.29, 0.717) is 43.1 Å². The van der Waals surface area contributed by atoms with E-state index in [2.05, 4.69) is 21.5 Å². The molecule has 42 heavy (non-hydrogen) atoms. The SMILES string of the molecule is C=C1CCN(C2CN(c3nc(=O)n(-c4c(C)ccnc4C(C)C)c4nc(-c5c(O)cccc5F)c(F)cc34)C2)C1=C=O. The van der Waals surface area contributed by atoms with Crippen molar-refractivity contribution in [1.82, 2.24) is 24.4 Å². The zero-order chi connectivity index (χ0) is 29.9. The first-order valence-corrected chi connectivity index (χ1v) is 13.6. The van der Waals surface area contributed by atoms with Gasteiger partial charge in [-0.15, -0.1) is 0 Å². The largest absolute Gasteiger partial charge is 0.507 e. The highest BCUT2D eigenvalue weighted by molar-refractivity contribution is 5.91. The lowest BCUT2D eigenvalue weighted by atomic mass is 10.0. The van der Waals surface area contributed by atoms with Crippen molar-refractivity contribution in [3.8, 4) is 22.7 Å². The Morgan fingerprint density at radius 2 is 1.90 bits per heavy atom. The van der Waals surface area contributed by atoms with Gasteiger partial charge >= 0.3 is 5.69 Å². The van der Waals surface area contributed by atoms with Crippen molar-refractivity contribution in [2.75, 3.05) is 24.5 Å². The van der Waals surface area contributed by atoms with Gasteiger partial charge in [-0.2, -0.15) is 4.98 Å². The van der Waals surface area contributed by atoms with Crippen LogP contribution in [0, 0.1) is 18.6 Å². The van der Waals surface area contributed by atoms with Crippen LogP contribution < -0.4 is 10.6 Å². The number of pyridine rings is 2. The first-order chi connectivity index (χ1) is 20.1. The zero-order valence-corrected chi connectivity index (χ0v) is 23.4. The lowest BCUT2D eigenvalue weighted by Crippen LogP contribution is -2.59. The van der Waals surface area contributed by atoms with Gasteiger partial charge in [-0.05, 0) is 54.7 Å². The molecule has 0 aliphatic carbocycles. The molecule has 0 bridgehead atoms. The molecule has 2 saturated heterocycles. The molecular weight excluding hydrogens is 542 g/mol. The van der Waals surface area contributed by atoms with Crippen molar-refractivity contribution in [2.45, 2.75) is 39.2 Å². The van der Waals surface area contributed by atoms with Crippen LogP contribution in [0.4, 0.5) is 14.6 Å². The lowest BCUT2D eigenvalue weighted by molar-refractivity contribution is 0.242. The Labute approximate surface area is 240 Å². The van der Waals surface area contributed by atoms with E-state index < -0.39 is 34.3 Å². The Morgan fingerprint density at radius 1 is 1.14 bits per heavy atom. The molecule has 5 heterocycles. The Bertz CT molecular complexity index is 1870. The van der Waals surface area contributed by atoms with E-state index in [4.69, 9.17) is 0 Å². The topological polar surface area (TPSA) is 104 Å². The molecule has 9 nitrogen and oxygen atoms in total. The van der Waals surface area contributed by atoms with Gasteiger partial charge in [0.25, 0.3) is 0 Å². The number of likely N-dealkylation sites (tertiary alicyclic amines) is 1. The van der Waals surface area contributed by atoms with Crippen LogP contribution in [0.25, 0.3) is 28.0 Å². The predicted octanol–water partition coefficient (Wildman–Crippen LogP) is 4.42. The van der Waals surface area contributed by atoms with Gasteiger partial charge in [0.15, 0.2) is 17.4 Å². The number of rotatable bonds is 5. The average Bonchev–Trinajstić information content (AvgIpc) is 3.28. The van der Waals surface area contributed by atoms with E-state index in [0.717, 1.165) is 17.2 Å². The number of hydrogen-bond acceptors (Lipinski definition) is 8. The summed E-state index contributed by atoms with van der Waals surface area (Å²) in [7, 11) is 0. The number of phenolic OH excluding ortho intramolecular Hbond substituents is 1. The van der Waals surface area contributed by atoms with E-state index in [1.54, 1.807) is 12.3 Å². The molecule has 0 saturated carbocycles. The summed E-state index contributed by atoms with van der Waals surface area (Å²) >= 11 is 0. The van der Waals surface area contributed by atoms with Gasteiger partial charge in [0.2, 0.25) is 0 Å². The zero-order valence-electron chi connectivity index (χ0n) is 23.4. The summed E-state index contributed by atoms with van der Waals surface area (Å²) in [6.07, 6.45) is 2.32. The standard InChI is InChI=1S/C31H28F2N6O3/c1-16(2)26-28(18(4)8-10-34-26)39-30-20(12-22(33)27(35-30)25-21(32)6-5-7-24(25)41)29(36-31(39)42)37-13-19(14-37)38-11-9-17(3)23(38)15-40/h5-8,10,12,16,19,41H,3,9,11,13-14H2,1-2,4H3. The molecule has 4 aromatic rings. The third kappa shape index (κ3) is 4.24. The number of aromatic nitrogens is 4. The molecule has 6 rings (SSSR count). The Morgan fingerprint density at radius 3 is 2.60 bits per heavy atom. The van der Waals surface area contributed by atoms with Crippen LogP contribution in [0.5, 0.6) is 5.75 Å². The van der Waals surface area contributed by atoms with Gasteiger partial charge < -0.3 is 14.9 Å². The van der Waals surface area contributed by atoms with Crippen LogP contribution in [0.15, 0.2) is 59.2 Å². The highest BCUT2D eigenvalue weighted by Gasteiger charge is 2.38. The van der Waals surface area contributed by atoms with Crippen molar-refractivity contribution in [2.24, 2.45) is 0 Å². The van der Waals surface area contributed by atoms with Gasteiger partial charge in [-0.3, -0.25) is 4.98 Å². The number of allylic oxidation sites excluding steroid dienone is 1. The number of aromatic hydroxyl groups is 1. The van der Waals surface area contributed by atoms with Gasteiger partial charge in [0.1, 0.15) is 28.8 Å². The molecule has 11 heteroatoms. The highest BCUT2D eigenvalue weighted by Crippen LogP contribution is 2.38. The summed E-state index contributed by atoms with van der Waals surface area (Å²) in [6.45, 7) is 11.1. The van der Waals surface area contributed by atoms with Crippen molar-refractivity contribution in [1.29, 1.82) is 0 Å². The first-order valence-electron chi connectivity index (χ1n) is 13.6. The smallest absolute Gasteiger partial charge is 0.355 e. The second-order valence-electron chi connectivity index (χ2n) is 11.0. The molecule has 0 amide bonds. The Balaban J connectivity index is 1.57. The van der Waals surface area contributed by atoms with Gasteiger partial charge in [-0.25, -0.2) is 27.9 Å². The maximum atomic E-state index is 15.8. The van der Waals surface area contributed by atoms with Crippen molar-refractivity contribution < 1.29 is 18.7 Å². The summed E-state index contributed by atoms with van der Waals surface area (Å²) in [5, 5.41) is 10.7. The minimum absolute atomic E-state index is 0.0412. The fourth-order valence-electron chi connectivity index (χ4n) is 5.77. The lowest BCUT2D eigenvalue weighted by Gasteiger charge is -2.45. The molecular formula is C31H28F2N6O3. The first kappa shape index (κ1) is 27.3. The normalized spacial score (nSPS) is 15.6. The van der Waals surface area contributed by atoms with Crippen LogP contribution in [0.3, 0.4) is 0 Å². The van der Waals surface area contributed by atoms with E-state index in [1.165, 1.54) is 22.8 Å². The summed E-state index contributed by atoms with van der Waals surface area (Å²) in [5.74, 6) is -0.110. The van der Waals surface area contributed by atoms with Crippen molar-refractivity contribution in [3.05, 3.63) is 87.8 Å². The maximum Gasteiger partial charge on any atom is 0.355 e. The summed E-state index contributed by atoms with van der Waals surface area (Å²) < 4.78 is 31.9. The van der Waals surface area contributed by atoms with Gasteiger partial charge in [0.05, 0.1) is 28.4 Å². The molecule has 2 fully saturated rings. The Kier molecular flexibility index (Phi) is 6.62. The summed E-state index contributed by atoms with van der Waals surface area (Å²) in [4.78, 5) is 42.5. The van der Waals surface area contributed by atoms with Crippen LogP contribution in [0.2, 0.25) is 0 Å². The van der Waals surface area contributed by atoms with Gasteiger partial charge in [-0.1, -0.05) is 26.5 Å². The molecule has 214 valence electrons. The monoisotopic (exact) mass is 570 g/mol. The van der Waals surface area contributed by atoms with E-state index in [-0.39, 0.29) is 28.8 Å². The summed E-state index contributed by atoms with van der Waals surface area (Å²) in [6, 6.07) is 6.53.